The highest BCUT2D eigenvalue weighted by atomic mass is 16.5. The molecule has 1 fully saturated rings. The molecule has 6 nitrogen and oxygen atoms in total. The number of nitrogens with zero attached hydrogens (tertiary/aromatic N) is 3. The van der Waals surface area contributed by atoms with Crippen molar-refractivity contribution in [1.29, 1.82) is 0 Å². The molecular formula is C10H16N4O2. The van der Waals surface area contributed by atoms with Gasteiger partial charge >= 0.3 is 0 Å². The average molecular weight is 224 g/mol. The summed E-state index contributed by atoms with van der Waals surface area (Å²) >= 11 is 0. The molecule has 1 aliphatic rings. The van der Waals surface area contributed by atoms with Crippen LogP contribution in [-0.4, -0.2) is 42.8 Å². The van der Waals surface area contributed by atoms with Crippen molar-refractivity contribution in [3.63, 3.8) is 0 Å². The highest BCUT2D eigenvalue weighted by molar-refractivity contribution is 5.41. The standard InChI is InChI=1S/C10H16N4O2/c1-10(11)5-14(6-10)9-12-7(15-2)4-8(13-9)16-3/h4H,5-6,11H2,1-3H3. The summed E-state index contributed by atoms with van der Waals surface area (Å²) in [5, 5.41) is 0. The Bertz CT molecular complexity index is 364. The largest absolute Gasteiger partial charge is 0.481 e. The second-order valence-electron chi connectivity index (χ2n) is 4.26. The van der Waals surface area contributed by atoms with Gasteiger partial charge in [-0.1, -0.05) is 0 Å². The van der Waals surface area contributed by atoms with Gasteiger partial charge in [-0.2, -0.15) is 9.97 Å². The maximum absolute atomic E-state index is 5.93. The molecule has 16 heavy (non-hydrogen) atoms. The van der Waals surface area contributed by atoms with E-state index < -0.39 is 0 Å². The lowest BCUT2D eigenvalue weighted by atomic mass is 9.94. The van der Waals surface area contributed by atoms with E-state index in [4.69, 9.17) is 15.2 Å². The molecular weight excluding hydrogens is 208 g/mol. The molecule has 0 saturated carbocycles. The summed E-state index contributed by atoms with van der Waals surface area (Å²) < 4.78 is 10.2. The van der Waals surface area contributed by atoms with Crippen LogP contribution in [-0.2, 0) is 0 Å². The normalized spacial score (nSPS) is 17.9. The number of aromatic nitrogens is 2. The quantitative estimate of drug-likeness (QED) is 0.781. The average Bonchev–Trinajstić information content (AvgIpc) is 2.25. The van der Waals surface area contributed by atoms with Crippen LogP contribution in [0.15, 0.2) is 6.07 Å². The lowest BCUT2D eigenvalue weighted by Gasteiger charge is -2.45. The van der Waals surface area contributed by atoms with Crippen LogP contribution in [0.4, 0.5) is 5.95 Å². The molecule has 0 amide bonds. The molecule has 1 aromatic rings. The Labute approximate surface area is 94.4 Å². The molecule has 88 valence electrons. The molecule has 2 rings (SSSR count). The second-order valence-corrected chi connectivity index (χ2v) is 4.26. The van der Waals surface area contributed by atoms with Crippen LogP contribution < -0.4 is 20.1 Å². The smallest absolute Gasteiger partial charge is 0.232 e. The Morgan fingerprint density at radius 2 is 1.75 bits per heavy atom. The van der Waals surface area contributed by atoms with Gasteiger partial charge < -0.3 is 20.1 Å². The summed E-state index contributed by atoms with van der Waals surface area (Å²) in [6, 6.07) is 1.64. The number of hydrogen-bond donors (Lipinski definition) is 1. The van der Waals surface area contributed by atoms with E-state index in [1.807, 2.05) is 11.8 Å². The van der Waals surface area contributed by atoms with Crippen molar-refractivity contribution in [2.45, 2.75) is 12.5 Å². The van der Waals surface area contributed by atoms with Gasteiger partial charge in [-0.05, 0) is 6.92 Å². The van der Waals surface area contributed by atoms with Crippen molar-refractivity contribution < 1.29 is 9.47 Å². The maximum Gasteiger partial charge on any atom is 0.232 e. The zero-order valence-electron chi connectivity index (χ0n) is 9.73. The fourth-order valence-corrected chi connectivity index (χ4v) is 1.71. The summed E-state index contributed by atoms with van der Waals surface area (Å²) in [5.41, 5.74) is 5.78. The van der Waals surface area contributed by atoms with E-state index in [1.54, 1.807) is 20.3 Å². The second kappa shape index (κ2) is 3.79. The number of ether oxygens (including phenoxy) is 2. The Hall–Kier alpha value is -1.56. The lowest BCUT2D eigenvalue weighted by Crippen LogP contribution is -2.66. The molecule has 0 bridgehead atoms. The first kappa shape index (κ1) is 10.9. The summed E-state index contributed by atoms with van der Waals surface area (Å²) in [6.45, 7) is 3.48. The monoisotopic (exact) mass is 224 g/mol. The van der Waals surface area contributed by atoms with Crippen molar-refractivity contribution >= 4 is 5.95 Å². The van der Waals surface area contributed by atoms with Crippen LogP contribution in [0, 0.1) is 0 Å². The molecule has 0 unspecified atom stereocenters. The third-order valence-electron chi connectivity index (χ3n) is 2.47. The number of anilines is 1. The van der Waals surface area contributed by atoms with Gasteiger partial charge in [-0.25, -0.2) is 0 Å². The van der Waals surface area contributed by atoms with Crippen molar-refractivity contribution in [3.8, 4) is 11.8 Å². The van der Waals surface area contributed by atoms with E-state index in [0.717, 1.165) is 13.1 Å². The zero-order valence-corrected chi connectivity index (χ0v) is 9.73. The molecule has 0 aliphatic carbocycles. The Balaban J connectivity index is 2.21. The Morgan fingerprint density at radius 3 is 2.12 bits per heavy atom. The molecule has 0 radical (unpaired) electrons. The van der Waals surface area contributed by atoms with Gasteiger partial charge in [0, 0.05) is 18.6 Å². The van der Waals surface area contributed by atoms with E-state index in [9.17, 15) is 0 Å². The molecule has 6 heteroatoms. The fraction of sp³-hybridized carbons (Fsp3) is 0.600. The van der Waals surface area contributed by atoms with Crippen molar-refractivity contribution in [2.24, 2.45) is 5.73 Å². The predicted molar refractivity (Wildman–Crippen MR) is 59.9 cm³/mol. The minimum atomic E-state index is -0.153. The Kier molecular flexibility index (Phi) is 2.59. The van der Waals surface area contributed by atoms with E-state index in [2.05, 4.69) is 9.97 Å². The molecule has 1 aliphatic heterocycles. The fourth-order valence-electron chi connectivity index (χ4n) is 1.71. The van der Waals surface area contributed by atoms with Crippen molar-refractivity contribution in [2.75, 3.05) is 32.2 Å². The van der Waals surface area contributed by atoms with Gasteiger partial charge in [-0.15, -0.1) is 0 Å². The van der Waals surface area contributed by atoms with Crippen LogP contribution >= 0.6 is 0 Å². The lowest BCUT2D eigenvalue weighted by molar-refractivity contribution is 0.345. The summed E-state index contributed by atoms with van der Waals surface area (Å²) in [7, 11) is 3.13. The van der Waals surface area contributed by atoms with Gasteiger partial charge in [0.15, 0.2) is 0 Å². The van der Waals surface area contributed by atoms with Gasteiger partial charge in [0.1, 0.15) is 0 Å². The minimum Gasteiger partial charge on any atom is -0.481 e. The number of nitrogens with two attached hydrogens (primary N) is 1. The summed E-state index contributed by atoms with van der Waals surface area (Å²) in [4.78, 5) is 10.5. The van der Waals surface area contributed by atoms with Gasteiger partial charge in [0.05, 0.1) is 20.3 Å². The SMILES string of the molecule is COc1cc(OC)nc(N2CC(C)(N)C2)n1. The van der Waals surface area contributed by atoms with Crippen LogP contribution in [0.5, 0.6) is 11.8 Å². The van der Waals surface area contributed by atoms with Gasteiger partial charge in [-0.3, -0.25) is 0 Å². The molecule has 0 spiro atoms. The summed E-state index contributed by atoms with van der Waals surface area (Å²) in [6.07, 6.45) is 0. The van der Waals surface area contributed by atoms with Crippen molar-refractivity contribution in [1.82, 2.24) is 9.97 Å². The van der Waals surface area contributed by atoms with E-state index >= 15 is 0 Å². The predicted octanol–water partition coefficient (Wildman–Crippen LogP) is 0.0312. The molecule has 1 saturated heterocycles. The minimum absolute atomic E-state index is 0.153. The van der Waals surface area contributed by atoms with Crippen molar-refractivity contribution in [3.05, 3.63) is 6.07 Å². The first-order valence-corrected chi connectivity index (χ1v) is 5.05. The van der Waals surface area contributed by atoms with Crippen LogP contribution in [0.2, 0.25) is 0 Å². The zero-order chi connectivity index (χ0) is 11.8. The van der Waals surface area contributed by atoms with Gasteiger partial charge in [0.2, 0.25) is 17.7 Å². The third kappa shape index (κ3) is 2.01. The third-order valence-corrected chi connectivity index (χ3v) is 2.47. The molecule has 2 heterocycles. The van der Waals surface area contributed by atoms with Crippen LogP contribution in [0.3, 0.4) is 0 Å². The van der Waals surface area contributed by atoms with E-state index in [0.29, 0.717) is 17.7 Å². The molecule has 2 N–H and O–H groups in total. The highest BCUT2D eigenvalue weighted by Crippen LogP contribution is 2.26. The topological polar surface area (TPSA) is 73.5 Å². The van der Waals surface area contributed by atoms with Crippen LogP contribution in [0.25, 0.3) is 0 Å². The summed E-state index contributed by atoms with van der Waals surface area (Å²) in [5.74, 6) is 1.58. The van der Waals surface area contributed by atoms with Crippen LogP contribution in [0.1, 0.15) is 6.92 Å². The molecule has 0 aromatic carbocycles. The van der Waals surface area contributed by atoms with Gasteiger partial charge in [0.25, 0.3) is 0 Å². The molecule has 0 atom stereocenters. The first-order valence-electron chi connectivity index (χ1n) is 5.05. The number of rotatable bonds is 3. The number of methoxy groups -OCH3 is 2. The van der Waals surface area contributed by atoms with E-state index in [-0.39, 0.29) is 5.54 Å². The van der Waals surface area contributed by atoms with E-state index in [1.165, 1.54) is 0 Å². The maximum atomic E-state index is 5.93. The molecule has 1 aromatic heterocycles. The highest BCUT2D eigenvalue weighted by Gasteiger charge is 2.36. The number of hydrogen-bond acceptors (Lipinski definition) is 6. The Morgan fingerprint density at radius 1 is 1.25 bits per heavy atom. The first-order chi connectivity index (χ1) is 7.54.